The molecule has 144 valence electrons. The average molecular weight is 378 g/mol. The molecule has 2 fully saturated rings. The molecule has 2 atom stereocenters. The van der Waals surface area contributed by atoms with Crippen LogP contribution >= 0.6 is 0 Å². The summed E-state index contributed by atoms with van der Waals surface area (Å²) in [5.74, 6) is 0.298. The van der Waals surface area contributed by atoms with Crippen molar-refractivity contribution in [1.29, 1.82) is 0 Å². The summed E-state index contributed by atoms with van der Waals surface area (Å²) >= 11 is 0. The Bertz CT molecular complexity index is 820. The number of nitrogens with one attached hydrogen (secondary N) is 2. The van der Waals surface area contributed by atoms with Gasteiger partial charge >= 0.3 is 6.18 Å². The molecule has 5 nitrogen and oxygen atoms in total. The number of fused-ring (bicyclic) bond motifs is 2. The first-order valence-electron chi connectivity index (χ1n) is 9.15. The number of amides is 1. The normalized spacial score (nSPS) is 24.8. The summed E-state index contributed by atoms with van der Waals surface area (Å²) in [5, 5.41) is 10.4. The molecule has 27 heavy (non-hydrogen) atoms. The first-order chi connectivity index (χ1) is 12.9. The van der Waals surface area contributed by atoms with E-state index in [4.69, 9.17) is 0 Å². The smallest absolute Gasteiger partial charge is 0.323 e. The quantitative estimate of drug-likeness (QED) is 0.852. The molecular formula is C19H21F3N4O. The van der Waals surface area contributed by atoms with Crippen LogP contribution in [0.4, 0.5) is 18.9 Å². The Morgan fingerprint density at radius 2 is 2.00 bits per heavy atom. The molecule has 0 spiro atoms. The molecule has 8 heteroatoms. The Morgan fingerprint density at radius 3 is 2.70 bits per heavy atom. The van der Waals surface area contributed by atoms with E-state index in [1.807, 2.05) is 0 Å². The number of carbonyl (C=O) groups excluding carboxylic acids is 1. The molecule has 4 rings (SSSR count). The molecule has 0 radical (unpaired) electrons. The highest BCUT2D eigenvalue weighted by molar-refractivity contribution is 5.90. The van der Waals surface area contributed by atoms with Crippen LogP contribution in [0.5, 0.6) is 0 Å². The van der Waals surface area contributed by atoms with Crippen LogP contribution in [0.3, 0.4) is 0 Å². The average Bonchev–Trinajstić information content (AvgIpc) is 3.20. The monoisotopic (exact) mass is 378 g/mol. The second-order valence-corrected chi connectivity index (χ2v) is 7.45. The molecule has 2 aliphatic rings. The van der Waals surface area contributed by atoms with Gasteiger partial charge in [-0.1, -0.05) is 6.07 Å². The van der Waals surface area contributed by atoms with Crippen LogP contribution in [0.15, 0.2) is 36.7 Å². The van der Waals surface area contributed by atoms with Crippen molar-refractivity contribution in [2.75, 3.05) is 5.32 Å². The zero-order valence-electron chi connectivity index (χ0n) is 14.7. The number of benzene rings is 1. The molecule has 2 saturated heterocycles. The minimum atomic E-state index is -4.41. The molecule has 2 aliphatic heterocycles. The summed E-state index contributed by atoms with van der Waals surface area (Å²) in [7, 11) is 0. The van der Waals surface area contributed by atoms with Gasteiger partial charge in [-0.15, -0.1) is 0 Å². The van der Waals surface area contributed by atoms with Gasteiger partial charge in [-0.2, -0.15) is 18.3 Å². The van der Waals surface area contributed by atoms with E-state index in [1.165, 1.54) is 36.0 Å². The second kappa shape index (κ2) is 6.99. The van der Waals surface area contributed by atoms with Crippen LogP contribution < -0.4 is 10.6 Å². The summed E-state index contributed by atoms with van der Waals surface area (Å²) in [5.41, 5.74) is 0.0381. The Balaban J connectivity index is 1.39. The fourth-order valence-electron chi connectivity index (χ4n) is 4.17. The highest BCUT2D eigenvalue weighted by atomic mass is 19.4. The Hall–Kier alpha value is -2.35. The minimum Gasteiger partial charge on any atom is -0.323 e. The van der Waals surface area contributed by atoms with Crippen LogP contribution in [-0.2, 0) is 11.0 Å². The molecule has 2 bridgehead atoms. The van der Waals surface area contributed by atoms with E-state index in [1.54, 1.807) is 6.07 Å². The van der Waals surface area contributed by atoms with E-state index in [9.17, 15) is 18.0 Å². The van der Waals surface area contributed by atoms with Gasteiger partial charge in [-0.25, -0.2) is 4.68 Å². The maximum atomic E-state index is 12.9. The van der Waals surface area contributed by atoms with Crippen molar-refractivity contribution in [3.8, 4) is 5.69 Å². The van der Waals surface area contributed by atoms with Crippen molar-refractivity contribution < 1.29 is 18.0 Å². The third-order valence-corrected chi connectivity index (χ3v) is 5.35. The fourth-order valence-corrected chi connectivity index (χ4v) is 4.17. The Labute approximate surface area is 154 Å². The number of carbonyl (C=O) groups is 1. The summed E-state index contributed by atoms with van der Waals surface area (Å²) in [6, 6.07) is 5.99. The van der Waals surface area contributed by atoms with Crippen molar-refractivity contribution >= 4 is 11.6 Å². The van der Waals surface area contributed by atoms with Crippen LogP contribution in [-0.4, -0.2) is 27.8 Å². The standard InChI is InChI=1S/C19H21F3N4O/c20-19(21,22)13-2-1-3-17(9-13)26-11-16(10-23-26)25-18(27)8-12-6-14-4-5-15(7-12)24-14/h1-3,9-12,14-15,24H,4-8H2,(H,25,27). The van der Waals surface area contributed by atoms with Gasteiger partial charge in [-0.3, -0.25) is 4.79 Å². The highest BCUT2D eigenvalue weighted by Crippen LogP contribution is 2.33. The predicted octanol–water partition coefficient (Wildman–Crippen LogP) is 3.75. The van der Waals surface area contributed by atoms with Crippen molar-refractivity contribution in [3.63, 3.8) is 0 Å². The molecule has 2 N–H and O–H groups in total. The van der Waals surface area contributed by atoms with E-state index in [0.717, 1.165) is 25.0 Å². The number of hydrogen-bond acceptors (Lipinski definition) is 3. The summed E-state index contributed by atoms with van der Waals surface area (Å²) in [6.45, 7) is 0. The van der Waals surface area contributed by atoms with Gasteiger partial charge < -0.3 is 10.6 Å². The number of nitrogens with zero attached hydrogens (tertiary/aromatic N) is 2. The highest BCUT2D eigenvalue weighted by Gasteiger charge is 2.34. The number of alkyl halides is 3. The van der Waals surface area contributed by atoms with Crippen molar-refractivity contribution in [1.82, 2.24) is 15.1 Å². The lowest BCUT2D eigenvalue weighted by molar-refractivity contribution is -0.137. The van der Waals surface area contributed by atoms with Gasteiger partial charge in [-0.05, 0) is 49.8 Å². The van der Waals surface area contributed by atoms with Crippen molar-refractivity contribution in [2.45, 2.75) is 50.4 Å². The lowest BCUT2D eigenvalue weighted by Crippen LogP contribution is -2.39. The van der Waals surface area contributed by atoms with Crippen LogP contribution in [0, 0.1) is 5.92 Å². The summed E-state index contributed by atoms with van der Waals surface area (Å²) < 4.78 is 39.9. The van der Waals surface area contributed by atoms with E-state index in [0.29, 0.717) is 35.8 Å². The lowest BCUT2D eigenvalue weighted by atomic mass is 9.89. The number of halogens is 3. The third-order valence-electron chi connectivity index (χ3n) is 5.35. The van der Waals surface area contributed by atoms with Crippen LogP contribution in [0.2, 0.25) is 0 Å². The molecule has 2 unspecified atom stereocenters. The lowest BCUT2D eigenvalue weighted by Gasteiger charge is -2.28. The van der Waals surface area contributed by atoms with Gasteiger partial charge in [0.05, 0.1) is 29.3 Å². The largest absolute Gasteiger partial charge is 0.416 e. The van der Waals surface area contributed by atoms with Gasteiger partial charge in [0.2, 0.25) is 5.91 Å². The minimum absolute atomic E-state index is 0.0788. The van der Waals surface area contributed by atoms with E-state index < -0.39 is 11.7 Å². The Kier molecular flexibility index (Phi) is 4.67. The van der Waals surface area contributed by atoms with Gasteiger partial charge in [0.15, 0.2) is 0 Å². The number of anilines is 1. The topological polar surface area (TPSA) is 59.0 Å². The Morgan fingerprint density at radius 1 is 1.26 bits per heavy atom. The molecule has 1 aromatic carbocycles. The van der Waals surface area contributed by atoms with Crippen LogP contribution in [0.1, 0.15) is 37.7 Å². The molecule has 3 heterocycles. The van der Waals surface area contributed by atoms with E-state index in [-0.39, 0.29) is 5.91 Å². The maximum absolute atomic E-state index is 12.9. The third kappa shape index (κ3) is 4.16. The van der Waals surface area contributed by atoms with Gasteiger partial charge in [0.25, 0.3) is 0 Å². The molecule has 0 aliphatic carbocycles. The number of hydrogen-bond donors (Lipinski definition) is 2. The molecule has 0 saturated carbocycles. The summed E-state index contributed by atoms with van der Waals surface area (Å²) in [4.78, 5) is 12.3. The van der Waals surface area contributed by atoms with E-state index >= 15 is 0 Å². The predicted molar refractivity (Wildman–Crippen MR) is 94.5 cm³/mol. The number of piperidine rings is 1. The van der Waals surface area contributed by atoms with Gasteiger partial charge in [0, 0.05) is 18.5 Å². The zero-order chi connectivity index (χ0) is 19.0. The maximum Gasteiger partial charge on any atom is 0.416 e. The molecule has 2 aromatic rings. The van der Waals surface area contributed by atoms with Crippen LogP contribution in [0.25, 0.3) is 5.69 Å². The number of rotatable bonds is 4. The fraction of sp³-hybridized carbons (Fsp3) is 0.474. The first-order valence-corrected chi connectivity index (χ1v) is 9.15. The molecule has 1 amide bonds. The summed E-state index contributed by atoms with van der Waals surface area (Å²) in [6.07, 6.45) is 3.45. The van der Waals surface area contributed by atoms with Crippen molar-refractivity contribution in [3.05, 3.63) is 42.2 Å². The molecular weight excluding hydrogens is 357 g/mol. The molecule has 1 aromatic heterocycles. The second-order valence-electron chi connectivity index (χ2n) is 7.45. The van der Waals surface area contributed by atoms with E-state index in [2.05, 4.69) is 15.7 Å². The number of aromatic nitrogens is 2. The van der Waals surface area contributed by atoms with Gasteiger partial charge in [0.1, 0.15) is 0 Å². The first kappa shape index (κ1) is 18.0. The zero-order valence-corrected chi connectivity index (χ0v) is 14.7. The SMILES string of the molecule is O=C(CC1CC2CCC(C1)N2)Nc1cnn(-c2cccc(C(F)(F)F)c2)c1. The van der Waals surface area contributed by atoms with Crippen molar-refractivity contribution in [2.24, 2.45) is 5.92 Å².